The first-order valence-electron chi connectivity index (χ1n) is 6.98. The van der Waals surface area contributed by atoms with E-state index in [0.717, 1.165) is 21.8 Å². The van der Waals surface area contributed by atoms with Crippen molar-refractivity contribution in [3.63, 3.8) is 0 Å². The molecule has 0 amide bonds. The van der Waals surface area contributed by atoms with Crippen LogP contribution in [0.1, 0.15) is 5.56 Å². The molecule has 1 unspecified atom stereocenters. The van der Waals surface area contributed by atoms with E-state index >= 15 is 0 Å². The average Bonchev–Trinajstić information content (AvgIpc) is 3.15. The smallest absolute Gasteiger partial charge is 0.213 e. The minimum Gasteiger partial charge on any atom is -0.265 e. The Balaban J connectivity index is 1.60. The van der Waals surface area contributed by atoms with Crippen LogP contribution in [0.25, 0.3) is 16.2 Å². The Hall–Kier alpha value is -2.38. The normalized spacial score (nSPS) is 12.5. The fourth-order valence-electron chi connectivity index (χ4n) is 2.21. The third kappa shape index (κ3) is 2.93. The molecule has 4 rings (SSSR count). The molecule has 0 fully saturated rings. The highest BCUT2D eigenvalue weighted by molar-refractivity contribution is 7.86. The Morgan fingerprint density at radius 3 is 2.61 bits per heavy atom. The molecular formula is C16H12N4OS2. The summed E-state index contributed by atoms with van der Waals surface area (Å²) < 4.78 is 14.7. The lowest BCUT2D eigenvalue weighted by atomic mass is 10.2. The van der Waals surface area contributed by atoms with Crippen molar-refractivity contribution < 1.29 is 4.21 Å². The second kappa shape index (κ2) is 6.02. The molecule has 1 aromatic carbocycles. The van der Waals surface area contributed by atoms with Gasteiger partial charge in [0.05, 0.1) is 28.4 Å². The highest BCUT2D eigenvalue weighted by atomic mass is 32.2. The molecule has 0 aliphatic heterocycles. The summed E-state index contributed by atoms with van der Waals surface area (Å²) in [5.74, 6) is 0.435. The summed E-state index contributed by atoms with van der Waals surface area (Å²) >= 11 is 1.37. The van der Waals surface area contributed by atoms with Crippen molar-refractivity contribution in [1.29, 1.82) is 0 Å². The molecule has 7 heteroatoms. The molecule has 23 heavy (non-hydrogen) atoms. The van der Waals surface area contributed by atoms with E-state index in [1.165, 1.54) is 11.3 Å². The highest BCUT2D eigenvalue weighted by Crippen LogP contribution is 2.24. The van der Waals surface area contributed by atoms with Gasteiger partial charge < -0.3 is 0 Å². The third-order valence-corrected chi connectivity index (χ3v) is 5.93. The minimum absolute atomic E-state index is 0.435. The van der Waals surface area contributed by atoms with Gasteiger partial charge >= 0.3 is 0 Å². The van der Waals surface area contributed by atoms with Crippen LogP contribution in [0.5, 0.6) is 0 Å². The molecule has 0 bridgehead atoms. The van der Waals surface area contributed by atoms with Crippen LogP contribution in [-0.4, -0.2) is 23.8 Å². The van der Waals surface area contributed by atoms with E-state index in [-0.39, 0.29) is 0 Å². The van der Waals surface area contributed by atoms with Crippen molar-refractivity contribution >= 4 is 27.1 Å². The molecule has 1 atom stereocenters. The summed E-state index contributed by atoms with van der Waals surface area (Å²) in [5, 5.41) is 4.41. The van der Waals surface area contributed by atoms with Gasteiger partial charge in [0.2, 0.25) is 9.30 Å². The van der Waals surface area contributed by atoms with Crippen molar-refractivity contribution in [3.05, 3.63) is 66.6 Å². The number of aromatic nitrogens is 4. The number of rotatable bonds is 4. The van der Waals surface area contributed by atoms with Gasteiger partial charge in [-0.25, -0.2) is 9.50 Å². The van der Waals surface area contributed by atoms with Crippen molar-refractivity contribution in [2.45, 2.75) is 10.1 Å². The van der Waals surface area contributed by atoms with Crippen LogP contribution < -0.4 is 0 Å². The topological polar surface area (TPSA) is 60.2 Å². The number of hydrogen-bond donors (Lipinski definition) is 0. The molecule has 0 radical (unpaired) electrons. The van der Waals surface area contributed by atoms with Gasteiger partial charge in [-0.1, -0.05) is 41.7 Å². The Kier molecular flexibility index (Phi) is 3.72. The van der Waals surface area contributed by atoms with Crippen LogP contribution in [0.2, 0.25) is 0 Å². The first kappa shape index (κ1) is 14.2. The maximum atomic E-state index is 12.4. The Bertz CT molecular complexity index is 932. The zero-order valence-electron chi connectivity index (χ0n) is 12.0. The molecule has 0 saturated heterocycles. The molecule has 0 saturated carbocycles. The van der Waals surface area contributed by atoms with E-state index in [1.807, 2.05) is 48.7 Å². The van der Waals surface area contributed by atoms with E-state index < -0.39 is 10.8 Å². The molecule has 114 valence electrons. The Morgan fingerprint density at radius 2 is 1.87 bits per heavy atom. The number of hydrogen-bond acceptors (Lipinski definition) is 5. The van der Waals surface area contributed by atoms with Gasteiger partial charge in [-0.05, 0) is 17.7 Å². The molecule has 0 N–H and O–H groups in total. The lowest BCUT2D eigenvalue weighted by molar-refractivity contribution is 0.680. The molecule has 0 aliphatic rings. The SMILES string of the molecule is O=S(Cc1ccncc1)c1nn2cc(-c3ccccc3)nc2s1. The summed E-state index contributed by atoms with van der Waals surface area (Å²) in [7, 11) is -1.18. The molecule has 3 heterocycles. The lowest BCUT2D eigenvalue weighted by Crippen LogP contribution is -1.97. The van der Waals surface area contributed by atoms with Crippen LogP contribution in [-0.2, 0) is 16.6 Å². The van der Waals surface area contributed by atoms with Crippen LogP contribution in [0.4, 0.5) is 0 Å². The van der Waals surface area contributed by atoms with Gasteiger partial charge in [-0.2, -0.15) is 0 Å². The second-order valence-corrected chi connectivity index (χ2v) is 7.51. The molecular weight excluding hydrogens is 328 g/mol. The van der Waals surface area contributed by atoms with E-state index in [0.29, 0.717) is 10.1 Å². The summed E-state index contributed by atoms with van der Waals surface area (Å²) in [6.45, 7) is 0. The Morgan fingerprint density at radius 1 is 1.09 bits per heavy atom. The van der Waals surface area contributed by atoms with Crippen LogP contribution in [0, 0.1) is 0 Å². The van der Waals surface area contributed by atoms with Crippen molar-refractivity contribution in [2.75, 3.05) is 0 Å². The molecule has 3 aromatic heterocycles. The van der Waals surface area contributed by atoms with E-state index in [1.54, 1.807) is 16.9 Å². The zero-order chi connectivity index (χ0) is 15.6. The Labute approximate surface area is 139 Å². The quantitative estimate of drug-likeness (QED) is 0.572. The number of pyridine rings is 1. The van der Waals surface area contributed by atoms with Crippen molar-refractivity contribution in [1.82, 2.24) is 19.6 Å². The lowest BCUT2D eigenvalue weighted by Gasteiger charge is -1.97. The summed E-state index contributed by atoms with van der Waals surface area (Å²) in [5.41, 5.74) is 2.90. The summed E-state index contributed by atoms with van der Waals surface area (Å²) in [6.07, 6.45) is 5.27. The van der Waals surface area contributed by atoms with E-state index in [9.17, 15) is 4.21 Å². The maximum Gasteiger partial charge on any atom is 0.213 e. The number of benzene rings is 1. The molecule has 0 spiro atoms. The zero-order valence-corrected chi connectivity index (χ0v) is 13.6. The van der Waals surface area contributed by atoms with Crippen LogP contribution in [0.3, 0.4) is 0 Å². The minimum atomic E-state index is -1.18. The van der Waals surface area contributed by atoms with Crippen LogP contribution in [0.15, 0.2) is 65.4 Å². The van der Waals surface area contributed by atoms with Gasteiger partial charge in [-0.15, -0.1) is 5.10 Å². The predicted molar refractivity (Wildman–Crippen MR) is 90.6 cm³/mol. The first-order valence-corrected chi connectivity index (χ1v) is 9.12. The number of fused-ring (bicyclic) bond motifs is 1. The second-order valence-electron chi connectivity index (χ2n) is 4.93. The first-order chi connectivity index (χ1) is 11.3. The number of nitrogens with zero attached hydrogens (tertiary/aromatic N) is 4. The van der Waals surface area contributed by atoms with Gasteiger partial charge in [0.15, 0.2) is 0 Å². The maximum absolute atomic E-state index is 12.4. The standard InChI is InChI=1S/C16H12N4OS2/c21-23(11-12-6-8-17-9-7-12)16-19-20-10-14(18-15(20)22-16)13-4-2-1-3-5-13/h1-10H,11H2. The summed E-state index contributed by atoms with van der Waals surface area (Å²) in [4.78, 5) is 9.28. The molecule has 5 nitrogen and oxygen atoms in total. The van der Waals surface area contributed by atoms with Gasteiger partial charge in [0.25, 0.3) is 0 Å². The summed E-state index contributed by atoms with van der Waals surface area (Å²) in [6, 6.07) is 13.7. The molecule has 4 aromatic rings. The van der Waals surface area contributed by atoms with Gasteiger partial charge in [-0.3, -0.25) is 9.19 Å². The third-order valence-electron chi connectivity index (χ3n) is 3.34. The largest absolute Gasteiger partial charge is 0.265 e. The van der Waals surface area contributed by atoms with Gasteiger partial charge in [0, 0.05) is 18.0 Å². The average molecular weight is 340 g/mol. The van der Waals surface area contributed by atoms with E-state index in [2.05, 4.69) is 15.1 Å². The fraction of sp³-hybridized carbons (Fsp3) is 0.0625. The van der Waals surface area contributed by atoms with Crippen molar-refractivity contribution in [3.8, 4) is 11.3 Å². The van der Waals surface area contributed by atoms with Gasteiger partial charge in [0.1, 0.15) is 0 Å². The fourth-order valence-corrected chi connectivity index (χ4v) is 4.40. The van der Waals surface area contributed by atoms with Crippen molar-refractivity contribution in [2.24, 2.45) is 0 Å². The van der Waals surface area contributed by atoms with Crippen LogP contribution >= 0.6 is 11.3 Å². The number of imidazole rings is 1. The monoisotopic (exact) mass is 340 g/mol. The molecule has 0 aliphatic carbocycles. The predicted octanol–water partition coefficient (Wildman–Crippen LogP) is 3.16. The van der Waals surface area contributed by atoms with E-state index in [4.69, 9.17) is 0 Å². The highest BCUT2D eigenvalue weighted by Gasteiger charge is 2.14.